The second-order valence-electron chi connectivity index (χ2n) is 6.56. The van der Waals surface area contributed by atoms with Gasteiger partial charge in [-0.2, -0.15) is 10.2 Å². The number of nitro benzene ring substituents is 1. The predicted molar refractivity (Wildman–Crippen MR) is 112 cm³/mol. The minimum absolute atomic E-state index is 0.0507. The number of amides is 1. The molecule has 0 atom stereocenters. The smallest absolute Gasteiger partial charge is 0.311 e. The third-order valence-electron chi connectivity index (χ3n) is 4.41. The zero-order valence-corrected chi connectivity index (χ0v) is 18.1. The lowest BCUT2D eigenvalue weighted by Gasteiger charge is -2.07. The average molecular weight is 477 g/mol. The van der Waals surface area contributed by atoms with E-state index >= 15 is 0 Å². The summed E-state index contributed by atoms with van der Waals surface area (Å²) in [5.74, 6) is -0.159. The number of hydrogen-bond donors (Lipinski definition) is 1. The van der Waals surface area contributed by atoms with Crippen LogP contribution < -0.4 is 10.1 Å². The number of rotatable bonds is 9. The Hall–Kier alpha value is -3.21. The maximum absolute atomic E-state index is 12.3. The van der Waals surface area contributed by atoms with Crippen molar-refractivity contribution in [1.82, 2.24) is 24.9 Å². The zero-order valence-electron chi connectivity index (χ0n) is 16.5. The minimum Gasteiger partial charge on any atom is -0.464 e. The fourth-order valence-electron chi connectivity index (χ4n) is 2.83. The van der Waals surface area contributed by atoms with Gasteiger partial charge in [0.2, 0.25) is 0 Å². The Labute approximate surface area is 181 Å². The van der Waals surface area contributed by atoms with Gasteiger partial charge < -0.3 is 10.1 Å². The summed E-state index contributed by atoms with van der Waals surface area (Å²) in [7, 11) is 0. The van der Waals surface area contributed by atoms with Crippen molar-refractivity contribution in [2.75, 3.05) is 6.54 Å². The van der Waals surface area contributed by atoms with E-state index in [1.807, 2.05) is 18.5 Å². The summed E-state index contributed by atoms with van der Waals surface area (Å²) in [5.41, 5.74) is 2.11. The number of hydrogen-bond acceptors (Lipinski definition) is 6. The Morgan fingerprint density at radius 3 is 2.73 bits per heavy atom. The summed E-state index contributed by atoms with van der Waals surface area (Å²) in [6.07, 6.45) is 2.30. The molecule has 3 rings (SSSR count). The summed E-state index contributed by atoms with van der Waals surface area (Å²) >= 11 is 3.50. The van der Waals surface area contributed by atoms with E-state index in [2.05, 4.69) is 31.4 Å². The monoisotopic (exact) mass is 476 g/mol. The lowest BCUT2D eigenvalue weighted by atomic mass is 10.3. The Balaban J connectivity index is 1.48. The third kappa shape index (κ3) is 5.03. The molecule has 0 bridgehead atoms. The van der Waals surface area contributed by atoms with E-state index in [9.17, 15) is 14.9 Å². The van der Waals surface area contributed by atoms with E-state index in [0.29, 0.717) is 13.1 Å². The third-order valence-corrected chi connectivity index (χ3v) is 5.56. The van der Waals surface area contributed by atoms with Crippen LogP contribution >= 0.6 is 15.9 Å². The molecule has 2 aromatic heterocycles. The molecule has 0 aliphatic rings. The second kappa shape index (κ2) is 9.53. The van der Waals surface area contributed by atoms with E-state index in [4.69, 9.17) is 4.74 Å². The molecule has 0 aliphatic carbocycles. The van der Waals surface area contributed by atoms with Gasteiger partial charge in [-0.3, -0.25) is 19.6 Å². The van der Waals surface area contributed by atoms with Gasteiger partial charge >= 0.3 is 5.69 Å². The standard InChI is InChI=1S/C19H21BrN6O4/c1-13-18(20)14(2)25(22-13)10-5-9-21-19(27)15-8-11-24(23-15)12-30-17-7-4-3-6-16(17)26(28)29/h3-4,6-8,11H,5,9-10,12H2,1-2H3,(H,21,27). The van der Waals surface area contributed by atoms with Crippen molar-refractivity contribution in [3.05, 3.63) is 68.2 Å². The van der Waals surface area contributed by atoms with Gasteiger partial charge in [0.15, 0.2) is 12.5 Å². The molecule has 1 N–H and O–H groups in total. The largest absolute Gasteiger partial charge is 0.464 e. The van der Waals surface area contributed by atoms with Crippen molar-refractivity contribution in [2.24, 2.45) is 0 Å². The molecule has 158 valence electrons. The number of carbonyl (C=O) groups excluding carboxylic acids is 1. The first-order valence-corrected chi connectivity index (χ1v) is 10.0. The van der Waals surface area contributed by atoms with Crippen LogP contribution in [0.2, 0.25) is 0 Å². The van der Waals surface area contributed by atoms with Crippen LogP contribution in [0.1, 0.15) is 28.3 Å². The van der Waals surface area contributed by atoms with Crippen LogP contribution in [-0.4, -0.2) is 36.9 Å². The van der Waals surface area contributed by atoms with Gasteiger partial charge in [-0.05, 0) is 48.3 Å². The summed E-state index contributed by atoms with van der Waals surface area (Å²) in [6.45, 7) is 5.04. The first kappa shape index (κ1) is 21.5. The van der Waals surface area contributed by atoms with Gasteiger partial charge in [0, 0.05) is 31.0 Å². The molecular weight excluding hydrogens is 456 g/mol. The highest BCUT2D eigenvalue weighted by molar-refractivity contribution is 9.10. The number of para-hydroxylation sites is 2. The summed E-state index contributed by atoms with van der Waals surface area (Å²) < 4.78 is 9.77. The Kier molecular flexibility index (Phi) is 6.83. The summed E-state index contributed by atoms with van der Waals surface area (Å²) in [4.78, 5) is 22.8. The number of ether oxygens (including phenoxy) is 1. The van der Waals surface area contributed by atoms with E-state index < -0.39 is 4.92 Å². The molecule has 0 fully saturated rings. The molecule has 11 heteroatoms. The highest BCUT2D eigenvalue weighted by Crippen LogP contribution is 2.26. The zero-order chi connectivity index (χ0) is 21.7. The van der Waals surface area contributed by atoms with Gasteiger partial charge in [0.1, 0.15) is 5.69 Å². The van der Waals surface area contributed by atoms with Crippen LogP contribution in [0.4, 0.5) is 5.69 Å². The molecule has 3 aromatic rings. The number of carbonyl (C=O) groups is 1. The van der Waals surface area contributed by atoms with Crippen molar-refractivity contribution in [1.29, 1.82) is 0 Å². The van der Waals surface area contributed by atoms with Crippen LogP contribution in [0, 0.1) is 24.0 Å². The van der Waals surface area contributed by atoms with Gasteiger partial charge in [0.25, 0.3) is 5.91 Å². The molecule has 30 heavy (non-hydrogen) atoms. The molecule has 0 spiro atoms. The molecule has 1 aromatic carbocycles. The summed E-state index contributed by atoms with van der Waals surface area (Å²) in [5, 5.41) is 22.4. The number of halogens is 1. The molecule has 0 aliphatic heterocycles. The highest BCUT2D eigenvalue weighted by Gasteiger charge is 2.15. The predicted octanol–water partition coefficient (Wildman–Crippen LogP) is 3.22. The first-order chi connectivity index (χ1) is 14.4. The number of nitrogens with zero attached hydrogens (tertiary/aromatic N) is 5. The molecule has 1 amide bonds. The van der Waals surface area contributed by atoms with E-state index in [-0.39, 0.29) is 29.8 Å². The van der Waals surface area contributed by atoms with Crippen LogP contribution in [-0.2, 0) is 13.3 Å². The number of aryl methyl sites for hydroxylation is 2. The number of nitrogens with one attached hydrogen (secondary N) is 1. The number of nitro groups is 1. The van der Waals surface area contributed by atoms with Crippen LogP contribution in [0.5, 0.6) is 5.75 Å². The Morgan fingerprint density at radius 1 is 1.27 bits per heavy atom. The van der Waals surface area contributed by atoms with Crippen LogP contribution in [0.3, 0.4) is 0 Å². The molecule has 2 heterocycles. The Morgan fingerprint density at radius 2 is 2.03 bits per heavy atom. The molecule has 0 saturated carbocycles. The maximum Gasteiger partial charge on any atom is 0.311 e. The number of benzene rings is 1. The molecule has 0 unspecified atom stereocenters. The van der Waals surface area contributed by atoms with E-state index in [0.717, 1.165) is 22.3 Å². The van der Waals surface area contributed by atoms with Crippen LogP contribution in [0.15, 0.2) is 41.0 Å². The summed E-state index contributed by atoms with van der Waals surface area (Å²) in [6, 6.07) is 7.65. The normalized spacial score (nSPS) is 10.8. The SMILES string of the molecule is Cc1nn(CCCNC(=O)c2ccn(COc3ccccc3[N+](=O)[O-])n2)c(C)c1Br. The average Bonchev–Trinajstić information content (AvgIpc) is 3.30. The van der Waals surface area contributed by atoms with E-state index in [1.54, 1.807) is 24.4 Å². The fraction of sp³-hybridized carbons (Fsp3) is 0.316. The molecule has 10 nitrogen and oxygen atoms in total. The van der Waals surface area contributed by atoms with Crippen LogP contribution in [0.25, 0.3) is 0 Å². The quantitative estimate of drug-likeness (QED) is 0.287. The van der Waals surface area contributed by atoms with Gasteiger partial charge in [0.05, 0.1) is 15.1 Å². The Bertz CT molecular complexity index is 1060. The van der Waals surface area contributed by atoms with Gasteiger partial charge in [-0.25, -0.2) is 4.68 Å². The highest BCUT2D eigenvalue weighted by atomic mass is 79.9. The molecule has 0 radical (unpaired) electrons. The number of aromatic nitrogens is 4. The van der Waals surface area contributed by atoms with Gasteiger partial charge in [-0.1, -0.05) is 12.1 Å². The van der Waals surface area contributed by atoms with Crippen molar-refractivity contribution in [3.8, 4) is 5.75 Å². The van der Waals surface area contributed by atoms with E-state index in [1.165, 1.54) is 16.8 Å². The lowest BCUT2D eigenvalue weighted by molar-refractivity contribution is -0.386. The fourth-order valence-corrected chi connectivity index (χ4v) is 3.12. The first-order valence-electron chi connectivity index (χ1n) is 9.24. The van der Waals surface area contributed by atoms with Crippen molar-refractivity contribution < 1.29 is 14.5 Å². The minimum atomic E-state index is -0.512. The van der Waals surface area contributed by atoms with Gasteiger partial charge in [-0.15, -0.1) is 0 Å². The lowest BCUT2D eigenvalue weighted by Crippen LogP contribution is -2.26. The van der Waals surface area contributed by atoms with Crippen molar-refractivity contribution >= 4 is 27.5 Å². The van der Waals surface area contributed by atoms with Crippen molar-refractivity contribution in [2.45, 2.75) is 33.5 Å². The maximum atomic E-state index is 12.3. The second-order valence-corrected chi connectivity index (χ2v) is 7.35. The van der Waals surface area contributed by atoms with Crippen molar-refractivity contribution in [3.63, 3.8) is 0 Å². The molecule has 0 saturated heterocycles. The topological polar surface area (TPSA) is 117 Å². The molecular formula is C19H21BrN6O4.